The van der Waals surface area contributed by atoms with Gasteiger partial charge in [-0.1, -0.05) is 102 Å². The summed E-state index contributed by atoms with van der Waals surface area (Å²) in [6.45, 7) is 13.5. The van der Waals surface area contributed by atoms with Crippen molar-refractivity contribution in [2.45, 2.75) is 58.5 Å². The van der Waals surface area contributed by atoms with Crippen molar-refractivity contribution in [3.63, 3.8) is 0 Å². The van der Waals surface area contributed by atoms with Gasteiger partial charge in [0.15, 0.2) is 0 Å². The fourth-order valence-corrected chi connectivity index (χ4v) is 7.25. The van der Waals surface area contributed by atoms with Crippen molar-refractivity contribution in [1.82, 2.24) is 0 Å². The van der Waals surface area contributed by atoms with E-state index in [1.54, 1.807) is 0 Å². The molecule has 0 saturated heterocycles. The van der Waals surface area contributed by atoms with Crippen molar-refractivity contribution < 1.29 is 4.57 Å². The van der Waals surface area contributed by atoms with Gasteiger partial charge in [-0.25, -0.2) is 0 Å². The molecule has 3 heteroatoms. The Morgan fingerprint density at radius 2 is 1.07 bits per heavy atom. The highest BCUT2D eigenvalue weighted by Crippen LogP contribution is 2.48. The van der Waals surface area contributed by atoms with E-state index in [1.807, 2.05) is 72.0 Å². The molecule has 1 heterocycles. The van der Waals surface area contributed by atoms with Crippen molar-refractivity contribution in [3.05, 3.63) is 88.1 Å². The van der Waals surface area contributed by atoms with E-state index in [1.165, 1.54) is 9.75 Å². The van der Waals surface area contributed by atoms with Gasteiger partial charge in [0, 0.05) is 39.7 Å². The Kier molecular flexibility index (Phi) is 6.18. The van der Waals surface area contributed by atoms with Crippen LogP contribution in [-0.2, 0) is 21.6 Å². The van der Waals surface area contributed by atoms with E-state index < -0.39 is 7.14 Å². The first-order valence-electron chi connectivity index (χ1n) is 10.2. The van der Waals surface area contributed by atoms with E-state index in [0.717, 1.165) is 16.2 Å². The molecule has 0 atom stereocenters. The smallest absolute Gasteiger partial charge is 0.219 e. The summed E-state index contributed by atoms with van der Waals surface area (Å²) in [7, 11) is -2.79. The summed E-state index contributed by atoms with van der Waals surface area (Å²) in [5.74, 6) is 0. The van der Waals surface area contributed by atoms with E-state index in [0.29, 0.717) is 6.16 Å². The summed E-state index contributed by atoms with van der Waals surface area (Å²) >= 11 is 1.88. The molecule has 0 N–H and O–H groups in total. The minimum absolute atomic E-state index is 0.0597. The molecule has 0 aliphatic rings. The summed E-state index contributed by atoms with van der Waals surface area (Å²) in [5.41, 5.74) is 1.28. The quantitative estimate of drug-likeness (QED) is 0.322. The maximum absolute atomic E-state index is 14.5. The highest BCUT2D eigenvalue weighted by Gasteiger charge is 2.34. The lowest BCUT2D eigenvalue weighted by molar-refractivity contribution is 0.584. The second-order valence-electron chi connectivity index (χ2n) is 9.76. The second-order valence-corrected chi connectivity index (χ2v) is 13.7. The molecule has 0 bridgehead atoms. The van der Waals surface area contributed by atoms with Gasteiger partial charge >= 0.3 is 0 Å². The molecule has 1 aromatic heterocycles. The predicted octanol–water partition coefficient (Wildman–Crippen LogP) is 7.14. The molecule has 0 aliphatic carbocycles. The minimum Gasteiger partial charge on any atom is -0.313 e. The van der Waals surface area contributed by atoms with Crippen LogP contribution in [0.5, 0.6) is 0 Å². The van der Waals surface area contributed by atoms with Gasteiger partial charge in [-0.05, 0) is 5.56 Å². The molecule has 152 valence electrons. The molecule has 3 aromatic rings. The first kappa shape index (κ1) is 21.9. The topological polar surface area (TPSA) is 17.1 Å². The standard InChI is InChI=1S/C26H32OPS/c1-25(2,3)23-17-20(18-24(29-23)26(4,5)6)19-28(27,21-13-9-7-10-14-21)22-15-11-8-12-16-22/h7-18H,19H2,1-6H3/q+1. The van der Waals surface area contributed by atoms with Crippen molar-refractivity contribution in [2.24, 2.45) is 0 Å². The molecular formula is C26H32OPS+. The van der Waals surface area contributed by atoms with Crippen LogP contribution in [0.3, 0.4) is 0 Å². The SMILES string of the molecule is CC(C)(C)c1cc(CP(=O)(c2ccccc2)c2ccccc2)cc(C(C)(C)C)[s+]1. The van der Waals surface area contributed by atoms with Crippen LogP contribution in [0.15, 0.2) is 72.8 Å². The normalized spacial score (nSPS) is 12.8. The largest absolute Gasteiger partial charge is 0.313 e. The van der Waals surface area contributed by atoms with Crippen LogP contribution in [-0.4, -0.2) is 0 Å². The van der Waals surface area contributed by atoms with Crippen molar-refractivity contribution in [3.8, 4) is 0 Å². The summed E-state index contributed by atoms with van der Waals surface area (Å²) < 4.78 is 14.5. The van der Waals surface area contributed by atoms with Crippen molar-refractivity contribution in [2.75, 3.05) is 0 Å². The van der Waals surface area contributed by atoms with E-state index >= 15 is 0 Å². The molecule has 0 amide bonds. The van der Waals surface area contributed by atoms with Crippen LogP contribution in [0, 0.1) is 0 Å². The molecule has 0 aliphatic heterocycles. The van der Waals surface area contributed by atoms with E-state index in [2.05, 4.69) is 53.7 Å². The Balaban J connectivity index is 2.17. The molecule has 0 spiro atoms. The van der Waals surface area contributed by atoms with Crippen LogP contribution in [0.25, 0.3) is 0 Å². The zero-order valence-electron chi connectivity index (χ0n) is 18.4. The number of hydrogen-bond donors (Lipinski definition) is 0. The number of benzene rings is 2. The monoisotopic (exact) mass is 423 g/mol. The van der Waals surface area contributed by atoms with Crippen LogP contribution in [0.2, 0.25) is 0 Å². The number of hydrogen-bond acceptors (Lipinski definition) is 1. The Bertz CT molecular complexity index is 936. The van der Waals surface area contributed by atoms with E-state index in [9.17, 15) is 4.57 Å². The Morgan fingerprint density at radius 1 is 0.690 bits per heavy atom. The van der Waals surface area contributed by atoms with Gasteiger partial charge in [-0.3, -0.25) is 0 Å². The molecule has 0 unspecified atom stereocenters. The van der Waals surface area contributed by atoms with Gasteiger partial charge in [0.2, 0.25) is 21.1 Å². The van der Waals surface area contributed by atoms with Crippen LogP contribution >= 0.6 is 18.5 Å². The van der Waals surface area contributed by atoms with Crippen LogP contribution < -0.4 is 10.6 Å². The van der Waals surface area contributed by atoms with Crippen molar-refractivity contribution >= 4 is 29.1 Å². The fourth-order valence-electron chi connectivity index (χ4n) is 3.31. The molecule has 29 heavy (non-hydrogen) atoms. The molecule has 0 saturated carbocycles. The average molecular weight is 424 g/mol. The maximum Gasteiger partial charge on any atom is 0.219 e. The van der Waals surface area contributed by atoms with Gasteiger partial charge in [0.1, 0.15) is 7.14 Å². The highest BCUT2D eigenvalue weighted by atomic mass is 32.1. The lowest BCUT2D eigenvalue weighted by atomic mass is 9.92. The molecule has 1 nitrogen and oxygen atoms in total. The second kappa shape index (κ2) is 8.17. The lowest BCUT2D eigenvalue weighted by Gasteiger charge is -2.21. The Morgan fingerprint density at radius 3 is 1.41 bits per heavy atom. The van der Waals surface area contributed by atoms with Gasteiger partial charge in [-0.2, -0.15) is 0 Å². The summed E-state index contributed by atoms with van der Waals surface area (Å²) in [5, 5.41) is 1.85. The summed E-state index contributed by atoms with van der Waals surface area (Å²) in [6.07, 6.45) is 0.542. The predicted molar refractivity (Wildman–Crippen MR) is 130 cm³/mol. The third-order valence-corrected chi connectivity index (χ3v) is 10.1. The summed E-state index contributed by atoms with van der Waals surface area (Å²) in [4.78, 5) is 2.68. The Labute approximate surface area is 180 Å². The Hall–Kier alpha value is -1.76. The summed E-state index contributed by atoms with van der Waals surface area (Å²) in [6, 6.07) is 24.5. The molecule has 0 radical (unpaired) electrons. The van der Waals surface area contributed by atoms with Gasteiger partial charge in [-0.15, -0.1) is 0 Å². The van der Waals surface area contributed by atoms with Crippen LogP contribution in [0.1, 0.15) is 56.9 Å². The lowest BCUT2D eigenvalue weighted by Crippen LogP contribution is -2.19. The molecule has 3 rings (SSSR count). The van der Waals surface area contributed by atoms with E-state index in [4.69, 9.17) is 0 Å². The first-order chi connectivity index (χ1) is 13.5. The maximum atomic E-state index is 14.5. The van der Waals surface area contributed by atoms with Crippen LogP contribution in [0.4, 0.5) is 0 Å². The van der Waals surface area contributed by atoms with E-state index in [-0.39, 0.29) is 10.8 Å². The van der Waals surface area contributed by atoms with Crippen molar-refractivity contribution in [1.29, 1.82) is 0 Å². The fraction of sp³-hybridized carbons (Fsp3) is 0.346. The molecule has 0 fully saturated rings. The third kappa shape index (κ3) is 5.05. The third-order valence-electron chi connectivity index (χ3n) is 5.08. The molecular weight excluding hydrogens is 391 g/mol. The van der Waals surface area contributed by atoms with Gasteiger partial charge in [0.25, 0.3) is 0 Å². The molecule has 2 aromatic carbocycles. The first-order valence-corrected chi connectivity index (χ1v) is 12.9. The minimum atomic E-state index is -2.79. The highest BCUT2D eigenvalue weighted by molar-refractivity contribution is 7.78. The van der Waals surface area contributed by atoms with Gasteiger partial charge in [0.05, 0.1) is 0 Å². The number of rotatable bonds is 4. The average Bonchev–Trinajstić information content (AvgIpc) is 2.67. The zero-order valence-corrected chi connectivity index (χ0v) is 20.1. The zero-order chi connectivity index (χ0) is 21.3. The van der Waals surface area contributed by atoms with Gasteiger partial charge < -0.3 is 4.57 Å².